The van der Waals surface area contributed by atoms with Gasteiger partial charge in [0.2, 0.25) is 0 Å². The van der Waals surface area contributed by atoms with Crippen LogP contribution in [0.5, 0.6) is 0 Å². The van der Waals surface area contributed by atoms with Gasteiger partial charge in [-0.1, -0.05) is 0 Å². The zero-order valence-corrected chi connectivity index (χ0v) is 21.4. The fourth-order valence-corrected chi connectivity index (χ4v) is 4.76. The van der Waals surface area contributed by atoms with E-state index in [0.29, 0.717) is 17.7 Å². The maximum atomic E-state index is 14.7. The zero-order valence-electron chi connectivity index (χ0n) is 20.6. The average molecular weight is 551 g/mol. The Morgan fingerprint density at radius 2 is 1.84 bits per heavy atom. The van der Waals surface area contributed by atoms with Crippen LogP contribution in [0.1, 0.15) is 42.4 Å². The third-order valence-electron chi connectivity index (χ3n) is 6.62. The summed E-state index contributed by atoms with van der Waals surface area (Å²) in [6.45, 7) is 3.25. The molecule has 3 heterocycles. The molecule has 1 aromatic carbocycles. The highest BCUT2D eigenvalue weighted by Gasteiger charge is 2.43. The number of aromatic nitrogens is 2. The quantitative estimate of drug-likeness (QED) is 0.440. The highest BCUT2D eigenvalue weighted by Crippen LogP contribution is 2.38. The molecule has 4 rings (SSSR count). The van der Waals surface area contributed by atoms with Gasteiger partial charge < -0.3 is 20.9 Å². The Bertz CT molecular complexity index is 1480. The van der Waals surface area contributed by atoms with Crippen LogP contribution < -0.4 is 11.1 Å². The van der Waals surface area contributed by atoms with E-state index in [1.54, 1.807) is 19.9 Å². The molecule has 0 spiro atoms. The van der Waals surface area contributed by atoms with E-state index in [-0.39, 0.29) is 17.8 Å². The van der Waals surface area contributed by atoms with E-state index in [2.05, 4.69) is 15.3 Å². The number of amides is 1. The SMILES string of the molecule is C[C@H]1O[C@@H](c2ccncc2NC(=O)c2ccc(F)c(-c3c(F)cc(S(C)(=O)=O)cc3F)n2)C[C@@H](N)[C@]1(C)O. The third kappa shape index (κ3) is 5.27. The second kappa shape index (κ2) is 10.1. The lowest BCUT2D eigenvalue weighted by atomic mass is 9.83. The number of aliphatic hydroxyl groups is 1. The number of sulfone groups is 1. The van der Waals surface area contributed by atoms with Crippen molar-refractivity contribution in [2.24, 2.45) is 5.73 Å². The van der Waals surface area contributed by atoms with Crippen LogP contribution in [-0.4, -0.2) is 53.4 Å². The molecule has 0 radical (unpaired) electrons. The number of carbonyl (C=O) groups excluding carboxylic acids is 1. The Morgan fingerprint density at radius 3 is 2.45 bits per heavy atom. The van der Waals surface area contributed by atoms with E-state index in [1.165, 1.54) is 12.4 Å². The van der Waals surface area contributed by atoms with Crippen LogP contribution in [0.25, 0.3) is 11.3 Å². The molecule has 0 bridgehead atoms. The first kappa shape index (κ1) is 27.6. The lowest BCUT2D eigenvalue weighted by molar-refractivity contribution is -0.171. The molecule has 0 saturated carbocycles. The summed E-state index contributed by atoms with van der Waals surface area (Å²) in [7, 11) is -3.94. The Labute approximate surface area is 216 Å². The number of anilines is 1. The zero-order chi connectivity index (χ0) is 28.0. The van der Waals surface area contributed by atoms with E-state index in [9.17, 15) is 31.5 Å². The summed E-state index contributed by atoms with van der Waals surface area (Å²) >= 11 is 0. The number of rotatable bonds is 5. The number of nitrogens with one attached hydrogen (secondary N) is 1. The molecule has 3 aromatic rings. The van der Waals surface area contributed by atoms with Crippen LogP contribution in [0.2, 0.25) is 0 Å². The summed E-state index contributed by atoms with van der Waals surface area (Å²) in [5, 5.41) is 13.1. The van der Waals surface area contributed by atoms with Crippen molar-refractivity contribution in [1.29, 1.82) is 0 Å². The molecular formula is C25H25F3N4O5S. The van der Waals surface area contributed by atoms with Crippen molar-refractivity contribution in [1.82, 2.24) is 9.97 Å². The summed E-state index contributed by atoms with van der Waals surface area (Å²) in [5.74, 6) is -4.69. The first-order chi connectivity index (χ1) is 17.7. The number of nitrogens with zero attached hydrogens (tertiary/aromatic N) is 2. The monoisotopic (exact) mass is 550 g/mol. The van der Waals surface area contributed by atoms with Crippen LogP contribution >= 0.6 is 0 Å². The van der Waals surface area contributed by atoms with Gasteiger partial charge >= 0.3 is 0 Å². The van der Waals surface area contributed by atoms with Gasteiger partial charge in [0.05, 0.1) is 34.6 Å². The number of ether oxygens (including phenoxy) is 1. The molecule has 9 nitrogen and oxygen atoms in total. The van der Waals surface area contributed by atoms with Crippen LogP contribution in [0.15, 0.2) is 47.6 Å². The molecule has 1 amide bonds. The minimum Gasteiger partial charge on any atom is -0.386 e. The molecule has 13 heteroatoms. The first-order valence-electron chi connectivity index (χ1n) is 11.4. The van der Waals surface area contributed by atoms with Gasteiger partial charge in [-0.2, -0.15) is 0 Å². The average Bonchev–Trinajstić information content (AvgIpc) is 2.83. The third-order valence-corrected chi connectivity index (χ3v) is 7.71. The Kier molecular flexibility index (Phi) is 7.32. The number of benzene rings is 1. The number of hydrogen-bond acceptors (Lipinski definition) is 8. The van der Waals surface area contributed by atoms with Gasteiger partial charge in [-0.3, -0.25) is 9.78 Å². The van der Waals surface area contributed by atoms with E-state index in [0.717, 1.165) is 18.4 Å². The lowest BCUT2D eigenvalue weighted by Gasteiger charge is -2.44. The van der Waals surface area contributed by atoms with Crippen molar-refractivity contribution < 1.29 is 36.2 Å². The number of hydrogen-bond donors (Lipinski definition) is 3. The molecule has 1 saturated heterocycles. The number of carbonyl (C=O) groups is 1. The largest absolute Gasteiger partial charge is 0.386 e. The van der Waals surface area contributed by atoms with Gasteiger partial charge in [-0.15, -0.1) is 0 Å². The summed E-state index contributed by atoms with van der Waals surface area (Å²) in [6, 6.07) is 3.94. The van der Waals surface area contributed by atoms with Gasteiger partial charge in [0.1, 0.15) is 34.4 Å². The molecule has 4 atom stereocenters. The van der Waals surface area contributed by atoms with Crippen molar-refractivity contribution in [3.8, 4) is 11.3 Å². The van der Waals surface area contributed by atoms with Crippen molar-refractivity contribution >= 4 is 21.4 Å². The van der Waals surface area contributed by atoms with Gasteiger partial charge in [0.15, 0.2) is 9.84 Å². The van der Waals surface area contributed by atoms with Crippen LogP contribution in [0, 0.1) is 17.5 Å². The van der Waals surface area contributed by atoms with Crippen molar-refractivity contribution in [2.75, 3.05) is 11.6 Å². The molecule has 38 heavy (non-hydrogen) atoms. The second-order valence-corrected chi connectivity index (χ2v) is 11.3. The number of pyridine rings is 2. The number of halogens is 3. The van der Waals surface area contributed by atoms with Crippen LogP contribution in [-0.2, 0) is 14.6 Å². The van der Waals surface area contributed by atoms with E-state index in [1.807, 2.05) is 0 Å². The Hall–Kier alpha value is -3.39. The van der Waals surface area contributed by atoms with Gasteiger partial charge in [0.25, 0.3) is 5.91 Å². The normalized spacial score (nSPS) is 23.7. The lowest BCUT2D eigenvalue weighted by Crippen LogP contribution is -2.58. The maximum Gasteiger partial charge on any atom is 0.274 e. The van der Waals surface area contributed by atoms with Crippen molar-refractivity contribution in [2.45, 2.75) is 49.0 Å². The minimum absolute atomic E-state index is 0.228. The van der Waals surface area contributed by atoms with Gasteiger partial charge in [0, 0.05) is 24.1 Å². The summed E-state index contributed by atoms with van der Waals surface area (Å²) < 4.78 is 73.3. The molecule has 1 fully saturated rings. The topological polar surface area (TPSA) is 144 Å². The second-order valence-electron chi connectivity index (χ2n) is 9.31. The maximum absolute atomic E-state index is 14.7. The summed E-state index contributed by atoms with van der Waals surface area (Å²) in [4.78, 5) is 20.2. The molecule has 0 unspecified atom stereocenters. The Balaban J connectivity index is 1.65. The molecule has 1 aliphatic rings. The molecule has 202 valence electrons. The Morgan fingerprint density at radius 1 is 1.18 bits per heavy atom. The van der Waals surface area contributed by atoms with E-state index < -0.39 is 73.2 Å². The van der Waals surface area contributed by atoms with E-state index >= 15 is 0 Å². The molecule has 0 aliphatic carbocycles. The molecule has 2 aromatic heterocycles. The van der Waals surface area contributed by atoms with Crippen molar-refractivity contribution in [3.05, 3.63) is 71.4 Å². The highest BCUT2D eigenvalue weighted by molar-refractivity contribution is 7.90. The van der Waals surface area contributed by atoms with Gasteiger partial charge in [-0.25, -0.2) is 26.6 Å². The summed E-state index contributed by atoms with van der Waals surface area (Å²) in [6.07, 6.45) is 2.64. The molecular weight excluding hydrogens is 525 g/mol. The minimum atomic E-state index is -3.94. The van der Waals surface area contributed by atoms with Crippen LogP contribution in [0.3, 0.4) is 0 Å². The molecule has 4 N–H and O–H groups in total. The predicted octanol–water partition coefficient (Wildman–Crippen LogP) is 3.14. The van der Waals surface area contributed by atoms with Gasteiger partial charge in [-0.05, 0) is 50.6 Å². The van der Waals surface area contributed by atoms with Crippen molar-refractivity contribution in [3.63, 3.8) is 0 Å². The van der Waals surface area contributed by atoms with Crippen LogP contribution in [0.4, 0.5) is 18.9 Å². The highest BCUT2D eigenvalue weighted by atomic mass is 32.2. The summed E-state index contributed by atoms with van der Waals surface area (Å²) in [5.41, 5.74) is 3.53. The van der Waals surface area contributed by atoms with E-state index in [4.69, 9.17) is 10.5 Å². The standard InChI is InChI=1S/C25H25F3N4O5S/c1-12-25(2,34)21(29)10-20(37-12)14-6-7-30-11-19(14)32-24(33)18-5-4-15(26)23(31-18)22-16(27)8-13(9-17(22)28)38(3,35)36/h4-9,11-12,20-21,34H,10,29H2,1-3H3,(H,32,33)/t12-,20-,21-,25-/m1/s1. The molecule has 1 aliphatic heterocycles. The fraction of sp³-hybridized carbons (Fsp3) is 0.320. The predicted molar refractivity (Wildman–Crippen MR) is 131 cm³/mol. The fourth-order valence-electron chi connectivity index (χ4n) is 4.12. The smallest absolute Gasteiger partial charge is 0.274 e. The number of nitrogens with two attached hydrogens (primary N) is 1. The first-order valence-corrected chi connectivity index (χ1v) is 13.3.